The number of carbonyl (C=O) groups excluding carboxylic acids is 2. The van der Waals surface area contributed by atoms with Gasteiger partial charge in [0.1, 0.15) is 11.5 Å². The first-order valence-corrected chi connectivity index (χ1v) is 8.21. The van der Waals surface area contributed by atoms with Gasteiger partial charge in [0.25, 0.3) is 5.91 Å². The van der Waals surface area contributed by atoms with E-state index in [4.69, 9.17) is 19.5 Å². The van der Waals surface area contributed by atoms with Crippen LogP contribution in [0.15, 0.2) is 42.5 Å². The third-order valence-corrected chi connectivity index (χ3v) is 3.60. The SMILES string of the molecule is COc1ccc(C)cc1NC(=O)COC(=O)[C@@H](C)Oc1ccc(C#N)cc1. The van der Waals surface area contributed by atoms with Crippen LogP contribution < -0.4 is 14.8 Å². The second-order valence-corrected chi connectivity index (χ2v) is 5.76. The molecule has 1 N–H and O–H groups in total. The van der Waals surface area contributed by atoms with Crippen molar-refractivity contribution < 1.29 is 23.8 Å². The molecule has 2 aromatic rings. The molecule has 0 aliphatic heterocycles. The van der Waals surface area contributed by atoms with Crippen molar-refractivity contribution in [3.63, 3.8) is 0 Å². The number of methoxy groups -OCH3 is 1. The van der Waals surface area contributed by atoms with Gasteiger partial charge >= 0.3 is 5.97 Å². The zero-order chi connectivity index (χ0) is 19.8. The fraction of sp³-hybridized carbons (Fsp3) is 0.250. The van der Waals surface area contributed by atoms with E-state index in [2.05, 4.69) is 5.32 Å². The lowest BCUT2D eigenvalue weighted by Gasteiger charge is -2.14. The van der Waals surface area contributed by atoms with E-state index in [0.29, 0.717) is 22.7 Å². The normalized spacial score (nSPS) is 11.0. The molecule has 0 saturated carbocycles. The second-order valence-electron chi connectivity index (χ2n) is 5.76. The summed E-state index contributed by atoms with van der Waals surface area (Å²) in [5.74, 6) is -0.228. The van der Waals surface area contributed by atoms with E-state index in [1.165, 1.54) is 14.0 Å². The van der Waals surface area contributed by atoms with Crippen LogP contribution in [-0.2, 0) is 14.3 Å². The van der Waals surface area contributed by atoms with E-state index >= 15 is 0 Å². The average Bonchev–Trinajstić information content (AvgIpc) is 2.66. The zero-order valence-corrected chi connectivity index (χ0v) is 15.3. The number of hydrogen-bond acceptors (Lipinski definition) is 6. The maximum Gasteiger partial charge on any atom is 0.347 e. The maximum atomic E-state index is 12.0. The molecular weight excluding hydrogens is 348 g/mol. The van der Waals surface area contributed by atoms with Crippen molar-refractivity contribution in [3.05, 3.63) is 53.6 Å². The predicted molar refractivity (Wildman–Crippen MR) is 98.6 cm³/mol. The van der Waals surface area contributed by atoms with E-state index in [9.17, 15) is 9.59 Å². The molecule has 27 heavy (non-hydrogen) atoms. The summed E-state index contributed by atoms with van der Waals surface area (Å²) in [5, 5.41) is 11.4. The number of nitrogens with one attached hydrogen (secondary N) is 1. The molecule has 0 radical (unpaired) electrons. The molecule has 0 bridgehead atoms. The highest BCUT2D eigenvalue weighted by atomic mass is 16.6. The van der Waals surface area contributed by atoms with Gasteiger partial charge in [-0.25, -0.2) is 4.79 Å². The van der Waals surface area contributed by atoms with E-state index in [1.54, 1.807) is 36.4 Å². The number of anilines is 1. The Hall–Kier alpha value is -3.53. The number of esters is 1. The van der Waals surface area contributed by atoms with Crippen LogP contribution in [0.4, 0.5) is 5.69 Å². The van der Waals surface area contributed by atoms with Crippen molar-refractivity contribution in [1.29, 1.82) is 5.26 Å². The first-order chi connectivity index (χ1) is 12.9. The minimum Gasteiger partial charge on any atom is -0.495 e. The zero-order valence-electron chi connectivity index (χ0n) is 15.3. The molecule has 0 aliphatic carbocycles. The summed E-state index contributed by atoms with van der Waals surface area (Å²) >= 11 is 0. The number of hydrogen-bond donors (Lipinski definition) is 1. The van der Waals surface area contributed by atoms with Crippen molar-refractivity contribution in [2.24, 2.45) is 0 Å². The summed E-state index contributed by atoms with van der Waals surface area (Å²) in [7, 11) is 1.50. The van der Waals surface area contributed by atoms with Crippen LogP contribution in [0.1, 0.15) is 18.1 Å². The van der Waals surface area contributed by atoms with Crippen molar-refractivity contribution in [2.75, 3.05) is 19.0 Å². The number of nitrogens with zero attached hydrogens (tertiary/aromatic N) is 1. The minimum atomic E-state index is -0.903. The van der Waals surface area contributed by atoms with Gasteiger partial charge in [-0.05, 0) is 55.8 Å². The summed E-state index contributed by atoms with van der Waals surface area (Å²) in [6, 6.07) is 13.7. The summed E-state index contributed by atoms with van der Waals surface area (Å²) in [6.07, 6.45) is -0.903. The number of benzene rings is 2. The van der Waals surface area contributed by atoms with Crippen LogP contribution in [0.3, 0.4) is 0 Å². The molecule has 7 nitrogen and oxygen atoms in total. The average molecular weight is 368 g/mol. The Morgan fingerprint density at radius 2 is 1.89 bits per heavy atom. The van der Waals surface area contributed by atoms with Crippen molar-refractivity contribution in [1.82, 2.24) is 0 Å². The Labute approximate surface area is 157 Å². The second kappa shape index (κ2) is 9.25. The fourth-order valence-corrected chi connectivity index (χ4v) is 2.22. The number of rotatable bonds is 7. The van der Waals surface area contributed by atoms with E-state index in [-0.39, 0.29) is 0 Å². The van der Waals surface area contributed by atoms with E-state index < -0.39 is 24.6 Å². The third-order valence-electron chi connectivity index (χ3n) is 3.60. The van der Waals surface area contributed by atoms with E-state index in [0.717, 1.165) is 5.56 Å². The molecule has 0 saturated heterocycles. The Bertz CT molecular complexity index is 856. The number of nitriles is 1. The highest BCUT2D eigenvalue weighted by molar-refractivity contribution is 5.94. The molecule has 2 aromatic carbocycles. The lowest BCUT2D eigenvalue weighted by Crippen LogP contribution is -2.29. The van der Waals surface area contributed by atoms with Crippen LogP contribution in [-0.4, -0.2) is 31.7 Å². The Morgan fingerprint density at radius 1 is 1.19 bits per heavy atom. The molecule has 2 rings (SSSR count). The first-order valence-electron chi connectivity index (χ1n) is 8.21. The maximum absolute atomic E-state index is 12.0. The molecule has 0 unspecified atom stereocenters. The molecule has 0 heterocycles. The van der Waals surface area contributed by atoms with Gasteiger partial charge in [0.2, 0.25) is 0 Å². The standard InChI is InChI=1S/C20H20N2O5/c1-13-4-9-18(25-3)17(10-13)22-19(23)12-26-20(24)14(2)27-16-7-5-15(11-21)6-8-16/h4-10,14H,12H2,1-3H3,(H,22,23)/t14-/m1/s1. The summed E-state index contributed by atoms with van der Waals surface area (Å²) in [6.45, 7) is 2.95. The smallest absolute Gasteiger partial charge is 0.347 e. The van der Waals surface area contributed by atoms with Gasteiger partial charge in [-0.1, -0.05) is 6.07 Å². The number of amides is 1. The minimum absolute atomic E-state index is 0.424. The molecular formula is C20H20N2O5. The van der Waals surface area contributed by atoms with Gasteiger partial charge in [0, 0.05) is 0 Å². The van der Waals surface area contributed by atoms with Crippen molar-refractivity contribution in [3.8, 4) is 17.6 Å². The number of aryl methyl sites for hydroxylation is 1. The van der Waals surface area contributed by atoms with Crippen LogP contribution in [0, 0.1) is 18.3 Å². The van der Waals surface area contributed by atoms with Gasteiger partial charge in [-0.3, -0.25) is 4.79 Å². The summed E-state index contributed by atoms with van der Waals surface area (Å²) in [5.41, 5.74) is 1.94. The molecule has 0 aromatic heterocycles. The highest BCUT2D eigenvalue weighted by Gasteiger charge is 2.18. The number of ether oxygens (including phenoxy) is 3. The monoisotopic (exact) mass is 368 g/mol. The van der Waals surface area contributed by atoms with Gasteiger partial charge in [-0.15, -0.1) is 0 Å². The first kappa shape index (κ1) is 19.8. The topological polar surface area (TPSA) is 97.7 Å². The Balaban J connectivity index is 1.86. The van der Waals surface area contributed by atoms with Crippen molar-refractivity contribution >= 4 is 17.6 Å². The summed E-state index contributed by atoms with van der Waals surface area (Å²) < 4.78 is 15.6. The van der Waals surface area contributed by atoms with Gasteiger partial charge < -0.3 is 19.5 Å². The molecule has 1 amide bonds. The molecule has 7 heteroatoms. The van der Waals surface area contributed by atoms with Gasteiger partial charge in [0.05, 0.1) is 24.4 Å². The highest BCUT2D eigenvalue weighted by Crippen LogP contribution is 2.25. The number of carbonyl (C=O) groups is 2. The van der Waals surface area contributed by atoms with Crippen molar-refractivity contribution in [2.45, 2.75) is 20.0 Å². The fourth-order valence-electron chi connectivity index (χ4n) is 2.22. The largest absolute Gasteiger partial charge is 0.495 e. The van der Waals surface area contributed by atoms with Gasteiger partial charge in [0.15, 0.2) is 12.7 Å². The molecule has 0 fully saturated rings. The Morgan fingerprint density at radius 3 is 2.52 bits per heavy atom. The summed E-state index contributed by atoms with van der Waals surface area (Å²) in [4.78, 5) is 24.0. The molecule has 0 aliphatic rings. The lowest BCUT2D eigenvalue weighted by atomic mass is 10.2. The van der Waals surface area contributed by atoms with Crippen LogP contribution in [0.2, 0.25) is 0 Å². The lowest BCUT2D eigenvalue weighted by molar-refractivity contribution is -0.153. The third kappa shape index (κ3) is 5.75. The van der Waals surface area contributed by atoms with Crippen LogP contribution >= 0.6 is 0 Å². The van der Waals surface area contributed by atoms with Crippen LogP contribution in [0.5, 0.6) is 11.5 Å². The van der Waals surface area contributed by atoms with Crippen LogP contribution in [0.25, 0.3) is 0 Å². The predicted octanol–water partition coefficient (Wildman–Crippen LogP) is 2.82. The van der Waals surface area contributed by atoms with Gasteiger partial charge in [-0.2, -0.15) is 5.26 Å². The molecule has 140 valence electrons. The van der Waals surface area contributed by atoms with E-state index in [1.807, 2.05) is 19.1 Å². The molecule has 0 spiro atoms. The molecule has 1 atom stereocenters. The quantitative estimate of drug-likeness (QED) is 0.755. The Kier molecular flexibility index (Phi) is 6.78.